The van der Waals surface area contributed by atoms with Crippen LogP contribution in [0.25, 0.3) is 10.3 Å². The first kappa shape index (κ1) is 20.0. The maximum Gasteiger partial charge on any atom is 0.223 e. The molecule has 0 bridgehead atoms. The Balaban J connectivity index is 1.43. The molecule has 0 radical (unpaired) electrons. The first-order valence-electron chi connectivity index (χ1n) is 10.2. The fourth-order valence-corrected chi connectivity index (χ4v) is 4.64. The molecule has 1 fully saturated rings. The van der Waals surface area contributed by atoms with Gasteiger partial charge in [-0.2, -0.15) is 0 Å². The maximum atomic E-state index is 12.5. The zero-order chi connectivity index (χ0) is 19.1. The molecule has 0 unspecified atom stereocenters. The number of amides is 1. The number of carbonyl (C=O) groups is 1. The van der Waals surface area contributed by atoms with Gasteiger partial charge in [-0.15, -0.1) is 0 Å². The Hall–Kier alpha value is -1.73. The highest BCUT2D eigenvalue weighted by Gasteiger charge is 2.26. The Bertz CT molecular complexity index is 687. The minimum atomic E-state index is 0.125. The lowest BCUT2D eigenvalue weighted by molar-refractivity contribution is -0.125. The third-order valence-corrected chi connectivity index (χ3v) is 6.14. The fourth-order valence-electron chi connectivity index (χ4n) is 3.68. The largest absolute Gasteiger partial charge is 0.355 e. The number of thiazole rings is 1. The average molecular weight is 390 g/mol. The van der Waals surface area contributed by atoms with E-state index >= 15 is 0 Å². The van der Waals surface area contributed by atoms with Crippen LogP contribution in [0.15, 0.2) is 18.3 Å². The molecule has 1 saturated heterocycles. The summed E-state index contributed by atoms with van der Waals surface area (Å²) in [6, 6.07) is 3.92. The molecule has 2 aromatic heterocycles. The van der Waals surface area contributed by atoms with Crippen LogP contribution in [0, 0.1) is 5.92 Å². The first-order valence-corrected chi connectivity index (χ1v) is 11.0. The van der Waals surface area contributed by atoms with Crippen molar-refractivity contribution in [2.75, 3.05) is 44.2 Å². The smallest absolute Gasteiger partial charge is 0.223 e. The summed E-state index contributed by atoms with van der Waals surface area (Å²) in [6.07, 6.45) is 5.91. The number of pyridine rings is 1. The van der Waals surface area contributed by atoms with Crippen LogP contribution >= 0.6 is 11.3 Å². The van der Waals surface area contributed by atoms with Gasteiger partial charge < -0.3 is 15.1 Å². The van der Waals surface area contributed by atoms with Crippen molar-refractivity contribution in [3.8, 4) is 0 Å². The molecule has 2 aromatic rings. The molecule has 0 atom stereocenters. The van der Waals surface area contributed by atoms with E-state index in [9.17, 15) is 4.79 Å². The molecule has 7 heteroatoms. The van der Waals surface area contributed by atoms with Gasteiger partial charge in [0.2, 0.25) is 5.91 Å². The van der Waals surface area contributed by atoms with E-state index in [1.165, 1.54) is 0 Å². The Morgan fingerprint density at radius 3 is 2.67 bits per heavy atom. The van der Waals surface area contributed by atoms with Crippen LogP contribution in [0.2, 0.25) is 0 Å². The number of piperidine rings is 1. The minimum absolute atomic E-state index is 0.125. The summed E-state index contributed by atoms with van der Waals surface area (Å²) in [7, 11) is 0. The normalized spacial score (nSPS) is 15.6. The molecule has 0 aromatic carbocycles. The van der Waals surface area contributed by atoms with Crippen molar-refractivity contribution in [3.05, 3.63) is 18.3 Å². The van der Waals surface area contributed by atoms with Gasteiger partial charge in [-0.05, 0) is 50.9 Å². The molecule has 1 aliphatic heterocycles. The predicted molar refractivity (Wildman–Crippen MR) is 112 cm³/mol. The van der Waals surface area contributed by atoms with Crippen molar-refractivity contribution >= 4 is 32.7 Å². The van der Waals surface area contributed by atoms with Crippen LogP contribution in [-0.4, -0.2) is 60.0 Å². The van der Waals surface area contributed by atoms with Crippen LogP contribution in [0.5, 0.6) is 0 Å². The lowest BCUT2D eigenvalue weighted by Crippen LogP contribution is -2.42. The minimum Gasteiger partial charge on any atom is -0.355 e. The zero-order valence-corrected chi connectivity index (χ0v) is 17.3. The quantitative estimate of drug-likeness (QED) is 0.714. The van der Waals surface area contributed by atoms with E-state index in [0.29, 0.717) is 0 Å². The van der Waals surface area contributed by atoms with Gasteiger partial charge in [0, 0.05) is 38.3 Å². The van der Waals surface area contributed by atoms with Crippen molar-refractivity contribution in [2.45, 2.75) is 39.5 Å². The van der Waals surface area contributed by atoms with Gasteiger partial charge in [0.15, 0.2) is 5.13 Å². The Labute approximate surface area is 166 Å². The van der Waals surface area contributed by atoms with Crippen LogP contribution in [-0.2, 0) is 4.79 Å². The second-order valence-electron chi connectivity index (χ2n) is 7.22. The number of aromatic nitrogens is 2. The summed E-state index contributed by atoms with van der Waals surface area (Å²) in [5.74, 6) is 0.341. The average Bonchev–Trinajstić information content (AvgIpc) is 3.12. The van der Waals surface area contributed by atoms with Gasteiger partial charge in [-0.3, -0.25) is 4.79 Å². The molecule has 1 N–H and O–H groups in total. The molecule has 0 saturated carbocycles. The highest BCUT2D eigenvalue weighted by Crippen LogP contribution is 2.30. The molecule has 3 heterocycles. The number of rotatable bonds is 9. The van der Waals surface area contributed by atoms with Crippen molar-refractivity contribution in [1.29, 1.82) is 0 Å². The standard InChI is InChI=1S/C20H31N5OS/c1-3-11-24(12-4-2)15-10-21-18(26)16-7-13-25(14-8-16)20-23-17-6-5-9-22-19(17)27-20/h5-6,9,16H,3-4,7-8,10-15H2,1-2H3,(H,21,26). The summed E-state index contributed by atoms with van der Waals surface area (Å²) in [5.41, 5.74) is 0.959. The summed E-state index contributed by atoms with van der Waals surface area (Å²) in [5, 5.41) is 4.18. The molecule has 27 heavy (non-hydrogen) atoms. The number of hydrogen-bond donors (Lipinski definition) is 1. The van der Waals surface area contributed by atoms with Crippen LogP contribution < -0.4 is 10.2 Å². The van der Waals surface area contributed by atoms with E-state index in [1.54, 1.807) is 11.3 Å². The maximum absolute atomic E-state index is 12.5. The second kappa shape index (κ2) is 9.99. The number of nitrogens with one attached hydrogen (secondary N) is 1. The Kier molecular flexibility index (Phi) is 7.41. The van der Waals surface area contributed by atoms with E-state index in [1.807, 2.05) is 18.3 Å². The van der Waals surface area contributed by atoms with Gasteiger partial charge >= 0.3 is 0 Å². The van der Waals surface area contributed by atoms with Gasteiger partial charge in [0.1, 0.15) is 10.3 Å². The molecule has 1 amide bonds. The SMILES string of the molecule is CCCN(CCC)CCNC(=O)C1CCN(c2nc3cccnc3s2)CC1. The van der Waals surface area contributed by atoms with Gasteiger partial charge in [0.05, 0.1) is 0 Å². The number of nitrogens with zero attached hydrogens (tertiary/aromatic N) is 4. The van der Waals surface area contributed by atoms with E-state index in [-0.39, 0.29) is 11.8 Å². The fraction of sp³-hybridized carbons (Fsp3) is 0.650. The van der Waals surface area contributed by atoms with E-state index in [4.69, 9.17) is 0 Å². The second-order valence-corrected chi connectivity index (χ2v) is 8.17. The van der Waals surface area contributed by atoms with Crippen molar-refractivity contribution < 1.29 is 4.79 Å². The van der Waals surface area contributed by atoms with Crippen LogP contribution in [0.1, 0.15) is 39.5 Å². The van der Waals surface area contributed by atoms with Gasteiger partial charge in [-0.1, -0.05) is 25.2 Å². The highest BCUT2D eigenvalue weighted by atomic mass is 32.1. The molecule has 0 spiro atoms. The number of anilines is 1. The molecule has 3 rings (SSSR count). The number of carbonyl (C=O) groups excluding carboxylic acids is 1. The molecule has 0 aliphatic carbocycles. The number of fused-ring (bicyclic) bond motifs is 1. The Morgan fingerprint density at radius 2 is 2.00 bits per heavy atom. The van der Waals surface area contributed by atoms with E-state index in [0.717, 1.165) is 80.4 Å². The molecule has 1 aliphatic rings. The molecular formula is C20H31N5OS. The van der Waals surface area contributed by atoms with E-state index in [2.05, 4.69) is 38.9 Å². The third-order valence-electron chi connectivity index (χ3n) is 5.10. The van der Waals surface area contributed by atoms with Gasteiger partial charge in [-0.25, -0.2) is 9.97 Å². The summed E-state index contributed by atoms with van der Waals surface area (Å²) in [6.45, 7) is 10.1. The number of hydrogen-bond acceptors (Lipinski definition) is 6. The summed E-state index contributed by atoms with van der Waals surface area (Å²) in [4.78, 5) is 27.3. The topological polar surface area (TPSA) is 61.4 Å². The van der Waals surface area contributed by atoms with Crippen molar-refractivity contribution in [3.63, 3.8) is 0 Å². The highest BCUT2D eigenvalue weighted by molar-refractivity contribution is 7.21. The lowest BCUT2D eigenvalue weighted by atomic mass is 9.96. The molecule has 148 valence electrons. The lowest BCUT2D eigenvalue weighted by Gasteiger charge is -2.31. The summed E-state index contributed by atoms with van der Waals surface area (Å²) < 4.78 is 0. The van der Waals surface area contributed by atoms with Crippen LogP contribution in [0.3, 0.4) is 0 Å². The van der Waals surface area contributed by atoms with Gasteiger partial charge in [0.25, 0.3) is 0 Å². The zero-order valence-electron chi connectivity index (χ0n) is 16.5. The Morgan fingerprint density at radius 1 is 1.26 bits per heavy atom. The summed E-state index contributed by atoms with van der Waals surface area (Å²) >= 11 is 1.64. The van der Waals surface area contributed by atoms with E-state index < -0.39 is 0 Å². The monoisotopic (exact) mass is 389 g/mol. The first-order chi connectivity index (χ1) is 13.2. The third kappa shape index (κ3) is 5.39. The molecule has 6 nitrogen and oxygen atoms in total. The van der Waals surface area contributed by atoms with Crippen LogP contribution in [0.4, 0.5) is 5.13 Å². The molecular weight excluding hydrogens is 358 g/mol. The predicted octanol–water partition coefficient (Wildman–Crippen LogP) is 3.15. The van der Waals surface area contributed by atoms with Crippen molar-refractivity contribution in [2.24, 2.45) is 5.92 Å². The van der Waals surface area contributed by atoms with Crippen molar-refractivity contribution in [1.82, 2.24) is 20.2 Å².